The molecule has 4 aromatic carbocycles. The fraction of sp³-hybridized carbons (Fsp3) is 0. The van der Waals surface area contributed by atoms with Gasteiger partial charge in [-0.3, -0.25) is 4.40 Å². The Morgan fingerprint density at radius 2 is 1.47 bits per heavy atom. The Morgan fingerprint density at radius 3 is 2.32 bits per heavy atom. The average molecular weight is 479 g/mol. The highest BCUT2D eigenvalue weighted by Crippen LogP contribution is 2.39. The number of hydrogen-bond acceptors (Lipinski definition) is 3. The van der Waals surface area contributed by atoms with E-state index in [1.54, 1.807) is 0 Å². The number of aromatic nitrogens is 3. The van der Waals surface area contributed by atoms with Crippen LogP contribution in [-0.2, 0) is 0 Å². The Labute approximate surface area is 204 Å². The van der Waals surface area contributed by atoms with E-state index in [2.05, 4.69) is 39.7 Å². The first-order valence-corrected chi connectivity index (χ1v) is 11.6. The van der Waals surface area contributed by atoms with Gasteiger partial charge in [-0.05, 0) is 47.2 Å². The summed E-state index contributed by atoms with van der Waals surface area (Å²) in [5.41, 5.74) is 10.9. The number of halogens is 2. The number of hydrogen-bond donors (Lipinski definition) is 1. The van der Waals surface area contributed by atoms with Gasteiger partial charge in [-0.25, -0.2) is 9.97 Å². The highest BCUT2D eigenvalue weighted by atomic mass is 35.5. The smallest absolute Gasteiger partial charge is 0.145 e. The second-order valence-corrected chi connectivity index (χ2v) is 9.19. The lowest BCUT2D eigenvalue weighted by molar-refractivity contribution is 1.27. The summed E-state index contributed by atoms with van der Waals surface area (Å²) < 4.78 is 2.18. The van der Waals surface area contributed by atoms with E-state index in [4.69, 9.17) is 33.9 Å². The number of nitrogens with two attached hydrogens (primary N) is 1. The Balaban J connectivity index is 1.64. The van der Waals surface area contributed by atoms with Crippen molar-refractivity contribution in [3.63, 3.8) is 0 Å². The first-order chi connectivity index (χ1) is 16.6. The summed E-state index contributed by atoms with van der Waals surface area (Å²) in [7, 11) is 0. The molecule has 6 heteroatoms. The zero-order valence-electron chi connectivity index (χ0n) is 17.8. The Kier molecular flexibility index (Phi) is 4.07. The van der Waals surface area contributed by atoms with Crippen molar-refractivity contribution in [2.75, 3.05) is 5.73 Å². The number of imidazole rings is 1. The van der Waals surface area contributed by atoms with Crippen molar-refractivity contribution in [2.45, 2.75) is 0 Å². The average Bonchev–Trinajstić information content (AvgIpc) is 3.30. The first-order valence-electron chi connectivity index (χ1n) is 10.9. The van der Waals surface area contributed by atoms with Crippen LogP contribution < -0.4 is 5.73 Å². The SMILES string of the molecule is Nc1nc2cccc(Cl)c2c2cc(-c3cnc4c5ccccc5c5c(Cl)cccc5n34)ccc12. The molecule has 0 radical (unpaired) electrons. The summed E-state index contributed by atoms with van der Waals surface area (Å²) in [5, 5.41) is 7.23. The lowest BCUT2D eigenvalue weighted by atomic mass is 10.0. The van der Waals surface area contributed by atoms with Gasteiger partial charge in [0, 0.05) is 27.1 Å². The second kappa shape index (κ2) is 7.07. The maximum Gasteiger partial charge on any atom is 0.145 e. The van der Waals surface area contributed by atoms with Gasteiger partial charge in [0.25, 0.3) is 0 Å². The normalized spacial score (nSPS) is 11.9. The lowest BCUT2D eigenvalue weighted by Gasteiger charge is -2.13. The van der Waals surface area contributed by atoms with Crippen molar-refractivity contribution in [2.24, 2.45) is 0 Å². The number of anilines is 1. The van der Waals surface area contributed by atoms with Gasteiger partial charge in [-0.1, -0.05) is 65.7 Å². The van der Waals surface area contributed by atoms with Crippen molar-refractivity contribution in [1.29, 1.82) is 0 Å². The van der Waals surface area contributed by atoms with Crippen LogP contribution >= 0.6 is 23.2 Å². The van der Waals surface area contributed by atoms with Crippen LogP contribution in [0.3, 0.4) is 0 Å². The molecule has 0 atom stereocenters. The molecule has 7 rings (SSSR count). The maximum absolute atomic E-state index is 6.71. The minimum absolute atomic E-state index is 0.484. The van der Waals surface area contributed by atoms with E-state index in [-0.39, 0.29) is 0 Å². The van der Waals surface area contributed by atoms with E-state index in [0.717, 1.165) is 60.3 Å². The van der Waals surface area contributed by atoms with E-state index in [1.165, 1.54) is 0 Å². The highest BCUT2D eigenvalue weighted by molar-refractivity contribution is 6.38. The summed E-state index contributed by atoms with van der Waals surface area (Å²) in [6, 6.07) is 26.1. The topological polar surface area (TPSA) is 56.2 Å². The summed E-state index contributed by atoms with van der Waals surface area (Å²) in [6.45, 7) is 0. The molecule has 0 aliphatic carbocycles. The molecule has 2 N–H and O–H groups in total. The van der Waals surface area contributed by atoms with Crippen molar-refractivity contribution in [3.8, 4) is 11.3 Å². The molecule has 7 aromatic rings. The van der Waals surface area contributed by atoms with Gasteiger partial charge in [0.1, 0.15) is 11.5 Å². The van der Waals surface area contributed by atoms with E-state index in [1.807, 2.05) is 54.7 Å². The Bertz CT molecular complexity index is 1960. The van der Waals surface area contributed by atoms with E-state index >= 15 is 0 Å². The van der Waals surface area contributed by atoms with Crippen LogP contribution in [0, 0.1) is 0 Å². The lowest BCUT2D eigenvalue weighted by Crippen LogP contribution is -1.96. The molecule has 0 aliphatic heterocycles. The zero-order chi connectivity index (χ0) is 23.0. The third-order valence-corrected chi connectivity index (χ3v) is 7.15. The van der Waals surface area contributed by atoms with Crippen LogP contribution in [0.2, 0.25) is 10.0 Å². The number of nitrogen functional groups attached to an aromatic ring is 1. The molecule has 34 heavy (non-hydrogen) atoms. The van der Waals surface area contributed by atoms with Gasteiger partial charge < -0.3 is 5.73 Å². The van der Waals surface area contributed by atoms with E-state index in [0.29, 0.717) is 15.9 Å². The first kappa shape index (κ1) is 19.6. The monoisotopic (exact) mass is 478 g/mol. The summed E-state index contributed by atoms with van der Waals surface area (Å²) in [6.07, 6.45) is 1.91. The minimum atomic E-state index is 0.484. The zero-order valence-corrected chi connectivity index (χ0v) is 19.3. The number of benzene rings is 4. The quantitative estimate of drug-likeness (QED) is 0.244. The van der Waals surface area contributed by atoms with Gasteiger partial charge in [0.05, 0.1) is 33.0 Å². The van der Waals surface area contributed by atoms with Crippen molar-refractivity contribution < 1.29 is 0 Å². The van der Waals surface area contributed by atoms with Crippen LogP contribution in [0.15, 0.2) is 85.1 Å². The Hall–Kier alpha value is -3.86. The summed E-state index contributed by atoms with van der Waals surface area (Å²) in [5.74, 6) is 0.484. The number of nitrogens with zero attached hydrogens (tertiary/aromatic N) is 3. The molecule has 3 aromatic heterocycles. The largest absolute Gasteiger partial charge is 0.383 e. The third kappa shape index (κ3) is 2.61. The maximum atomic E-state index is 6.71. The van der Waals surface area contributed by atoms with Crippen LogP contribution in [0.1, 0.15) is 0 Å². The summed E-state index contributed by atoms with van der Waals surface area (Å²) >= 11 is 13.3. The molecular weight excluding hydrogens is 463 g/mol. The van der Waals surface area contributed by atoms with Crippen LogP contribution in [-0.4, -0.2) is 14.4 Å². The molecule has 0 spiro atoms. The van der Waals surface area contributed by atoms with Crippen molar-refractivity contribution in [1.82, 2.24) is 14.4 Å². The van der Waals surface area contributed by atoms with Crippen molar-refractivity contribution >= 4 is 78.0 Å². The number of rotatable bonds is 1. The van der Waals surface area contributed by atoms with E-state index < -0.39 is 0 Å². The molecular formula is C28H16Cl2N4. The molecule has 0 saturated carbocycles. The predicted octanol–water partition coefficient (Wildman–Crippen LogP) is 7.90. The standard InChI is InChI=1S/C28H16Cl2N4/c29-20-7-3-9-22-25(20)19-13-15(11-12-17(19)27(31)33-22)24-14-32-28-18-6-2-1-5-16(18)26-21(30)8-4-10-23(26)34(24)28/h1-14H,(H2,31,33). The Morgan fingerprint density at radius 1 is 0.706 bits per heavy atom. The third-order valence-electron chi connectivity index (χ3n) is 6.52. The molecule has 0 bridgehead atoms. The second-order valence-electron chi connectivity index (χ2n) is 8.37. The van der Waals surface area contributed by atoms with Gasteiger partial charge >= 0.3 is 0 Å². The predicted molar refractivity (Wildman–Crippen MR) is 143 cm³/mol. The molecule has 162 valence electrons. The molecule has 3 heterocycles. The fourth-order valence-corrected chi connectivity index (χ4v) is 5.59. The minimum Gasteiger partial charge on any atom is -0.383 e. The number of pyridine rings is 2. The molecule has 4 nitrogen and oxygen atoms in total. The van der Waals surface area contributed by atoms with Gasteiger partial charge in [0.2, 0.25) is 0 Å². The summed E-state index contributed by atoms with van der Waals surface area (Å²) in [4.78, 5) is 9.39. The van der Waals surface area contributed by atoms with Gasteiger partial charge in [-0.2, -0.15) is 0 Å². The van der Waals surface area contributed by atoms with E-state index in [9.17, 15) is 0 Å². The number of fused-ring (bicyclic) bond motifs is 9. The molecule has 0 saturated heterocycles. The fourth-order valence-electron chi connectivity index (χ4n) is 5.05. The molecule has 0 fully saturated rings. The highest BCUT2D eigenvalue weighted by Gasteiger charge is 2.17. The van der Waals surface area contributed by atoms with Crippen molar-refractivity contribution in [3.05, 3.63) is 95.1 Å². The molecule has 0 aliphatic rings. The molecule has 0 amide bonds. The van der Waals surface area contributed by atoms with Crippen LogP contribution in [0.5, 0.6) is 0 Å². The van der Waals surface area contributed by atoms with Gasteiger partial charge in [-0.15, -0.1) is 0 Å². The van der Waals surface area contributed by atoms with Gasteiger partial charge in [0.15, 0.2) is 0 Å². The van der Waals surface area contributed by atoms with Crippen LogP contribution in [0.25, 0.3) is 60.3 Å². The molecule has 0 unspecified atom stereocenters. The van der Waals surface area contributed by atoms with Crippen LogP contribution in [0.4, 0.5) is 5.82 Å².